The number of ether oxygens (including phenoxy) is 1. The van der Waals surface area contributed by atoms with Crippen LogP contribution in [0.5, 0.6) is 5.75 Å². The molecule has 1 atom stereocenters. The predicted octanol–water partition coefficient (Wildman–Crippen LogP) is 3.27. The molecule has 0 fully saturated rings. The van der Waals surface area contributed by atoms with E-state index in [0.717, 1.165) is 5.75 Å². The molecule has 1 aliphatic rings. The molecule has 1 aliphatic heterocycles. The van der Waals surface area contributed by atoms with Gasteiger partial charge in [-0.05, 0) is 36.4 Å². The molecular formula is C11H10ClO2S+. The number of hydrogen-bond donors (Lipinski definition) is 0. The van der Waals surface area contributed by atoms with E-state index in [1.54, 1.807) is 18.4 Å². The number of allylic oxidation sites excluding steroid dienone is 2. The van der Waals surface area contributed by atoms with E-state index in [0.29, 0.717) is 11.0 Å². The highest BCUT2D eigenvalue weighted by molar-refractivity contribution is 7.95. The lowest BCUT2D eigenvalue weighted by atomic mass is 10.3. The normalized spacial score (nSPS) is 18.6. The zero-order chi connectivity index (χ0) is 10.5. The maximum absolute atomic E-state index is 5.76. The Hall–Kier alpha value is -1.06. The summed E-state index contributed by atoms with van der Waals surface area (Å²) in [6, 6.07) is 7.29. The summed E-state index contributed by atoms with van der Waals surface area (Å²) < 4.78 is 10.9. The van der Waals surface area contributed by atoms with Crippen LogP contribution in [0.15, 0.2) is 48.1 Å². The van der Waals surface area contributed by atoms with Crippen molar-refractivity contribution in [3.63, 3.8) is 0 Å². The van der Waals surface area contributed by atoms with Gasteiger partial charge in [0.1, 0.15) is 5.75 Å². The van der Waals surface area contributed by atoms with Crippen LogP contribution in [0.25, 0.3) is 0 Å². The van der Waals surface area contributed by atoms with Crippen LogP contribution in [0.3, 0.4) is 0 Å². The molecule has 0 aliphatic carbocycles. The zero-order valence-electron chi connectivity index (χ0n) is 7.93. The molecule has 15 heavy (non-hydrogen) atoms. The Balaban J connectivity index is 1.85. The SMILES string of the molecule is Clc1ccc(OC[S+]2C=CC=CO2)cc1. The van der Waals surface area contributed by atoms with Crippen LogP contribution in [0.4, 0.5) is 0 Å². The summed E-state index contributed by atoms with van der Waals surface area (Å²) in [6.45, 7) is 0. The Morgan fingerprint density at radius 2 is 2.00 bits per heavy atom. The van der Waals surface area contributed by atoms with Gasteiger partial charge in [0, 0.05) is 5.02 Å². The third-order valence-electron chi connectivity index (χ3n) is 1.75. The number of halogens is 1. The molecule has 1 unspecified atom stereocenters. The smallest absolute Gasteiger partial charge is 0.293 e. The van der Waals surface area contributed by atoms with Crippen molar-refractivity contribution in [3.8, 4) is 5.75 Å². The molecule has 0 spiro atoms. The van der Waals surface area contributed by atoms with Crippen LogP contribution < -0.4 is 4.74 Å². The van der Waals surface area contributed by atoms with Gasteiger partial charge in [0.25, 0.3) is 17.1 Å². The molecule has 0 saturated carbocycles. The Bertz CT molecular complexity index is 373. The van der Waals surface area contributed by atoms with E-state index in [9.17, 15) is 0 Å². The third kappa shape index (κ3) is 3.22. The topological polar surface area (TPSA) is 18.5 Å². The summed E-state index contributed by atoms with van der Waals surface area (Å²) in [5, 5.41) is 2.69. The number of benzene rings is 1. The highest BCUT2D eigenvalue weighted by Crippen LogP contribution is 2.17. The summed E-state index contributed by atoms with van der Waals surface area (Å²) in [5.74, 6) is 1.33. The molecule has 4 heteroatoms. The first-order valence-electron chi connectivity index (χ1n) is 4.43. The van der Waals surface area contributed by atoms with E-state index >= 15 is 0 Å². The Morgan fingerprint density at radius 3 is 2.67 bits per heavy atom. The van der Waals surface area contributed by atoms with Gasteiger partial charge in [0.2, 0.25) is 0 Å². The van der Waals surface area contributed by atoms with Gasteiger partial charge in [-0.25, -0.2) is 0 Å². The first kappa shape index (κ1) is 10.5. The second kappa shape index (κ2) is 5.14. The van der Waals surface area contributed by atoms with E-state index in [2.05, 4.69) is 0 Å². The lowest BCUT2D eigenvalue weighted by molar-refractivity contribution is 0.376. The van der Waals surface area contributed by atoms with Crippen LogP contribution in [-0.2, 0) is 15.4 Å². The first-order chi connectivity index (χ1) is 7.34. The van der Waals surface area contributed by atoms with Crippen molar-refractivity contribution in [2.24, 2.45) is 0 Å². The summed E-state index contributed by atoms with van der Waals surface area (Å²) in [4.78, 5) is 0. The fourth-order valence-corrected chi connectivity index (χ4v) is 2.09. The minimum absolute atomic E-state index is 0.273. The molecule has 1 aromatic carbocycles. The number of hydrogen-bond acceptors (Lipinski definition) is 2. The minimum atomic E-state index is -0.273. The van der Waals surface area contributed by atoms with Crippen LogP contribution in [-0.4, -0.2) is 5.94 Å². The van der Waals surface area contributed by atoms with Crippen LogP contribution in [0, 0.1) is 0 Å². The van der Waals surface area contributed by atoms with Crippen LogP contribution >= 0.6 is 11.6 Å². The predicted molar refractivity (Wildman–Crippen MR) is 63.7 cm³/mol. The maximum Gasteiger partial charge on any atom is 0.293 e. The van der Waals surface area contributed by atoms with Gasteiger partial charge in [-0.2, -0.15) is 0 Å². The van der Waals surface area contributed by atoms with Crippen molar-refractivity contribution in [2.45, 2.75) is 0 Å². The van der Waals surface area contributed by atoms with Crippen molar-refractivity contribution >= 4 is 22.8 Å². The van der Waals surface area contributed by atoms with Crippen molar-refractivity contribution in [1.82, 2.24) is 0 Å². The molecule has 0 bridgehead atoms. The Morgan fingerprint density at radius 1 is 1.20 bits per heavy atom. The summed E-state index contributed by atoms with van der Waals surface area (Å²) in [7, 11) is 0. The largest absolute Gasteiger partial charge is 0.444 e. The zero-order valence-corrected chi connectivity index (χ0v) is 9.50. The lowest BCUT2D eigenvalue weighted by Gasteiger charge is -2.05. The maximum atomic E-state index is 5.76. The fraction of sp³-hybridized carbons (Fsp3) is 0.0909. The standard InChI is InChI=1S/C11H10ClO2S/c12-10-3-5-11(6-4-10)13-9-15-8-2-1-7-14-15/h1-8H,9H2/q+1. The van der Waals surface area contributed by atoms with E-state index < -0.39 is 0 Å². The van der Waals surface area contributed by atoms with E-state index in [1.807, 2.05) is 29.7 Å². The van der Waals surface area contributed by atoms with E-state index in [1.165, 1.54) is 0 Å². The first-order valence-corrected chi connectivity index (χ1v) is 6.19. The fourth-order valence-electron chi connectivity index (χ4n) is 1.04. The molecule has 1 heterocycles. The average molecular weight is 242 g/mol. The van der Waals surface area contributed by atoms with Gasteiger partial charge in [-0.15, -0.1) is 0 Å². The molecule has 0 saturated heterocycles. The molecular weight excluding hydrogens is 232 g/mol. The molecule has 78 valence electrons. The quantitative estimate of drug-likeness (QED) is 0.757. The van der Waals surface area contributed by atoms with E-state index in [4.69, 9.17) is 20.5 Å². The minimum Gasteiger partial charge on any atom is -0.444 e. The number of rotatable bonds is 3. The van der Waals surface area contributed by atoms with Gasteiger partial charge >= 0.3 is 0 Å². The van der Waals surface area contributed by atoms with Crippen molar-refractivity contribution < 1.29 is 8.92 Å². The summed E-state index contributed by atoms with van der Waals surface area (Å²) >= 11 is 5.49. The molecule has 0 radical (unpaired) electrons. The van der Waals surface area contributed by atoms with Crippen LogP contribution in [0.2, 0.25) is 5.02 Å². The highest BCUT2D eigenvalue weighted by Gasteiger charge is 2.18. The monoisotopic (exact) mass is 241 g/mol. The molecule has 2 nitrogen and oxygen atoms in total. The Kier molecular flexibility index (Phi) is 3.59. The molecule has 1 aromatic rings. The third-order valence-corrected chi connectivity index (χ3v) is 3.18. The molecule has 2 rings (SSSR count). The molecule has 0 amide bonds. The second-order valence-electron chi connectivity index (χ2n) is 2.85. The highest BCUT2D eigenvalue weighted by atomic mass is 35.5. The van der Waals surface area contributed by atoms with E-state index in [-0.39, 0.29) is 11.2 Å². The van der Waals surface area contributed by atoms with Crippen molar-refractivity contribution in [3.05, 3.63) is 53.1 Å². The average Bonchev–Trinajstić information content (AvgIpc) is 2.30. The van der Waals surface area contributed by atoms with Gasteiger partial charge < -0.3 is 4.74 Å². The van der Waals surface area contributed by atoms with Crippen molar-refractivity contribution in [1.29, 1.82) is 0 Å². The molecule has 0 aromatic heterocycles. The van der Waals surface area contributed by atoms with Gasteiger partial charge in [-0.1, -0.05) is 11.6 Å². The van der Waals surface area contributed by atoms with Crippen molar-refractivity contribution in [2.75, 3.05) is 5.94 Å². The van der Waals surface area contributed by atoms with Gasteiger partial charge in [0.05, 0.1) is 0 Å². The van der Waals surface area contributed by atoms with Crippen LogP contribution in [0.1, 0.15) is 0 Å². The summed E-state index contributed by atoms with van der Waals surface area (Å²) in [6.07, 6.45) is 5.48. The lowest BCUT2D eigenvalue weighted by Crippen LogP contribution is -2.12. The Labute approximate surface area is 96.7 Å². The second-order valence-corrected chi connectivity index (χ2v) is 4.75. The molecule has 0 N–H and O–H groups in total. The van der Waals surface area contributed by atoms with Gasteiger partial charge in [0.15, 0.2) is 11.7 Å². The van der Waals surface area contributed by atoms with Gasteiger partial charge in [-0.3, -0.25) is 4.18 Å². The summed E-state index contributed by atoms with van der Waals surface area (Å²) in [5.41, 5.74) is 0.